The Labute approximate surface area is 102 Å². The number of hydrazine groups is 1. The maximum atomic E-state index is 12.3. The van der Waals surface area contributed by atoms with E-state index in [9.17, 15) is 4.79 Å². The fourth-order valence-electron chi connectivity index (χ4n) is 6.20. The van der Waals surface area contributed by atoms with Crippen molar-refractivity contribution >= 4 is 5.91 Å². The summed E-state index contributed by atoms with van der Waals surface area (Å²) >= 11 is 0. The molecule has 5 rings (SSSR count). The van der Waals surface area contributed by atoms with E-state index < -0.39 is 0 Å². The molecular weight excluding hydrogens is 212 g/mol. The first-order valence-electron chi connectivity index (χ1n) is 7.08. The largest absolute Gasteiger partial charge is 0.271 e. The summed E-state index contributed by atoms with van der Waals surface area (Å²) in [6, 6.07) is 0.577. The van der Waals surface area contributed by atoms with Gasteiger partial charge in [-0.3, -0.25) is 9.80 Å². The molecule has 1 heterocycles. The van der Waals surface area contributed by atoms with Crippen LogP contribution < -0.4 is 0 Å². The van der Waals surface area contributed by atoms with Gasteiger partial charge < -0.3 is 0 Å². The second-order valence-corrected chi connectivity index (χ2v) is 7.54. The van der Waals surface area contributed by atoms with Crippen LogP contribution >= 0.6 is 0 Å². The lowest BCUT2D eigenvalue weighted by Gasteiger charge is -2.90. The Morgan fingerprint density at radius 1 is 1.12 bits per heavy atom. The third-order valence-electron chi connectivity index (χ3n) is 7.32. The van der Waals surface area contributed by atoms with E-state index in [0.717, 1.165) is 29.1 Å². The number of nitrogens with zero attached hydrogens (tertiary/aromatic N) is 2. The van der Waals surface area contributed by atoms with Crippen molar-refractivity contribution in [3.8, 4) is 0 Å². The molecule has 1 aliphatic heterocycles. The van der Waals surface area contributed by atoms with E-state index in [1.54, 1.807) is 0 Å². The molecule has 1 spiro atoms. The summed E-state index contributed by atoms with van der Waals surface area (Å²) in [7, 11) is 2.08. The molecule has 1 saturated heterocycles. The van der Waals surface area contributed by atoms with Gasteiger partial charge in [-0.1, -0.05) is 0 Å². The lowest BCUT2D eigenvalue weighted by Crippen LogP contribution is -2.92. The van der Waals surface area contributed by atoms with Crippen LogP contribution in [0.25, 0.3) is 0 Å². The van der Waals surface area contributed by atoms with E-state index in [1.807, 2.05) is 13.8 Å². The molecule has 5 fully saturated rings. The highest BCUT2D eigenvalue weighted by atomic mass is 16.2. The topological polar surface area (TPSA) is 23.6 Å². The number of carbonyl (C=O) groups is 1. The van der Waals surface area contributed by atoms with Gasteiger partial charge in [0.1, 0.15) is 5.54 Å². The summed E-state index contributed by atoms with van der Waals surface area (Å²) in [5.41, 5.74) is 0.514. The molecule has 4 unspecified atom stereocenters. The highest BCUT2D eigenvalue weighted by Crippen LogP contribution is 2.88. The van der Waals surface area contributed by atoms with Crippen molar-refractivity contribution in [1.82, 2.24) is 10.0 Å². The molecule has 1 amide bonds. The second-order valence-electron chi connectivity index (χ2n) is 7.54. The second kappa shape index (κ2) is 2.18. The summed E-state index contributed by atoms with van der Waals surface area (Å²) in [6.45, 7) is 4.08. The van der Waals surface area contributed by atoms with Gasteiger partial charge in [-0.25, -0.2) is 5.01 Å². The quantitative estimate of drug-likeness (QED) is 0.684. The predicted molar refractivity (Wildman–Crippen MR) is 62.7 cm³/mol. The van der Waals surface area contributed by atoms with E-state index in [-0.39, 0.29) is 5.54 Å². The maximum absolute atomic E-state index is 12.3. The minimum absolute atomic E-state index is 0.255. The summed E-state index contributed by atoms with van der Waals surface area (Å²) in [4.78, 5) is 12.3. The summed E-state index contributed by atoms with van der Waals surface area (Å²) in [6.07, 6.45) is 4.33. The Balaban J connectivity index is 1.44. The summed E-state index contributed by atoms with van der Waals surface area (Å²) < 4.78 is 0. The van der Waals surface area contributed by atoms with Gasteiger partial charge in [0.25, 0.3) is 5.91 Å². The van der Waals surface area contributed by atoms with Crippen LogP contribution in [0.2, 0.25) is 0 Å². The zero-order chi connectivity index (χ0) is 11.7. The molecule has 3 heteroatoms. The lowest BCUT2D eigenvalue weighted by atomic mass is 9.17. The Hall–Kier alpha value is -0.570. The van der Waals surface area contributed by atoms with E-state index in [2.05, 4.69) is 17.1 Å². The number of carbonyl (C=O) groups excluding carboxylic acids is 1. The Morgan fingerprint density at radius 3 is 2.18 bits per heavy atom. The fourth-order valence-corrected chi connectivity index (χ4v) is 6.20. The van der Waals surface area contributed by atoms with Gasteiger partial charge in [-0.05, 0) is 62.2 Å². The van der Waals surface area contributed by atoms with Crippen LogP contribution in [0.4, 0.5) is 0 Å². The number of hydrogen-bond acceptors (Lipinski definition) is 2. The molecule has 0 bridgehead atoms. The molecular formula is C14H20N2O. The number of rotatable bonds is 1. The molecule has 17 heavy (non-hydrogen) atoms. The van der Waals surface area contributed by atoms with Crippen molar-refractivity contribution in [3.05, 3.63) is 0 Å². The summed E-state index contributed by atoms with van der Waals surface area (Å²) in [5.74, 6) is 4.20. The van der Waals surface area contributed by atoms with E-state index >= 15 is 0 Å². The molecule has 4 atom stereocenters. The van der Waals surface area contributed by atoms with E-state index in [0.29, 0.717) is 11.9 Å². The molecule has 5 aliphatic rings. The Morgan fingerprint density at radius 2 is 1.71 bits per heavy atom. The Kier molecular flexibility index (Phi) is 1.20. The highest BCUT2D eigenvalue weighted by Gasteiger charge is 2.86. The van der Waals surface area contributed by atoms with Gasteiger partial charge in [0.15, 0.2) is 0 Å². The Bertz CT molecular complexity index is 435. The van der Waals surface area contributed by atoms with Crippen LogP contribution in [-0.2, 0) is 4.79 Å². The van der Waals surface area contributed by atoms with Crippen molar-refractivity contribution in [2.45, 2.75) is 44.7 Å². The zero-order valence-electron chi connectivity index (χ0n) is 10.8. The average molecular weight is 232 g/mol. The third kappa shape index (κ3) is 0.612. The first kappa shape index (κ1) is 9.37. The van der Waals surface area contributed by atoms with Crippen molar-refractivity contribution in [2.75, 3.05) is 7.05 Å². The standard InChI is InChI=1S/C14H20N2O/c1-13(2)12(17)16(15(13)3)11-9-5-7-4-8-6-10(11)14(7,8)9/h7-11H,4-6H2,1-3H3. The van der Waals surface area contributed by atoms with Gasteiger partial charge in [-0.2, -0.15) is 0 Å². The van der Waals surface area contributed by atoms with Gasteiger partial charge >= 0.3 is 0 Å². The van der Waals surface area contributed by atoms with Gasteiger partial charge in [0.05, 0.1) is 6.04 Å². The number of likely N-dealkylation sites (N-methyl/N-ethyl adjacent to an activating group) is 1. The van der Waals surface area contributed by atoms with Crippen molar-refractivity contribution in [1.29, 1.82) is 0 Å². The van der Waals surface area contributed by atoms with Crippen molar-refractivity contribution < 1.29 is 4.79 Å². The normalized spacial score (nSPS) is 61.0. The molecule has 4 aliphatic carbocycles. The highest BCUT2D eigenvalue weighted by molar-refractivity contribution is 5.90. The van der Waals surface area contributed by atoms with Crippen LogP contribution in [0.5, 0.6) is 0 Å². The molecule has 92 valence electrons. The van der Waals surface area contributed by atoms with E-state index in [1.165, 1.54) is 19.3 Å². The fraction of sp³-hybridized carbons (Fsp3) is 0.929. The molecule has 0 aromatic rings. The zero-order valence-corrected chi connectivity index (χ0v) is 10.8. The van der Waals surface area contributed by atoms with Crippen LogP contribution in [0, 0.1) is 29.1 Å². The molecule has 0 radical (unpaired) electrons. The molecule has 0 N–H and O–H groups in total. The van der Waals surface area contributed by atoms with Crippen LogP contribution in [0.15, 0.2) is 0 Å². The van der Waals surface area contributed by atoms with Crippen LogP contribution in [0.1, 0.15) is 33.1 Å². The minimum Gasteiger partial charge on any atom is -0.271 e. The molecule has 4 saturated carbocycles. The number of hydrogen-bond donors (Lipinski definition) is 0. The maximum Gasteiger partial charge on any atom is 0.258 e. The smallest absolute Gasteiger partial charge is 0.258 e. The lowest BCUT2D eigenvalue weighted by molar-refractivity contribution is -0.424. The van der Waals surface area contributed by atoms with Gasteiger partial charge in [0, 0.05) is 7.05 Å². The van der Waals surface area contributed by atoms with Crippen LogP contribution in [0.3, 0.4) is 0 Å². The molecule has 0 aromatic heterocycles. The number of amides is 1. The molecule has 0 aromatic carbocycles. The van der Waals surface area contributed by atoms with Gasteiger partial charge in [-0.15, -0.1) is 0 Å². The first-order valence-corrected chi connectivity index (χ1v) is 7.08. The summed E-state index contributed by atoms with van der Waals surface area (Å²) in [5, 5.41) is 4.29. The van der Waals surface area contributed by atoms with Crippen molar-refractivity contribution in [2.24, 2.45) is 29.1 Å². The molecule has 3 nitrogen and oxygen atoms in total. The first-order chi connectivity index (χ1) is 8.00. The van der Waals surface area contributed by atoms with Gasteiger partial charge in [0.2, 0.25) is 0 Å². The monoisotopic (exact) mass is 232 g/mol. The predicted octanol–water partition coefficient (Wildman–Crippen LogP) is 1.50. The van der Waals surface area contributed by atoms with Crippen molar-refractivity contribution in [3.63, 3.8) is 0 Å². The van der Waals surface area contributed by atoms with Crippen LogP contribution in [-0.4, -0.2) is 34.6 Å². The third-order valence-corrected chi connectivity index (χ3v) is 7.32. The SMILES string of the molecule is CN1N(C2C3CC4CC5CC2C453)C(=O)C1(C)C. The van der Waals surface area contributed by atoms with E-state index in [4.69, 9.17) is 0 Å². The minimum atomic E-state index is -0.255. The average Bonchev–Trinajstić information content (AvgIpc) is 2.19.